The van der Waals surface area contributed by atoms with Gasteiger partial charge in [0.05, 0.1) is 0 Å². The van der Waals surface area contributed by atoms with Crippen molar-refractivity contribution in [1.29, 1.82) is 0 Å². The lowest BCUT2D eigenvalue weighted by Crippen LogP contribution is -2.46. The number of amides is 2. The van der Waals surface area contributed by atoms with E-state index < -0.39 is 0 Å². The Bertz CT molecular complexity index is 789. The quantitative estimate of drug-likeness (QED) is 0.890. The first-order valence-electron chi connectivity index (χ1n) is 9.02. The minimum atomic E-state index is -0.175. The smallest absolute Gasteiger partial charge is 0.255 e. The molecular formula is C21H25N3O2. The second kappa shape index (κ2) is 8.15. The number of hydrogen-bond acceptors (Lipinski definition) is 3. The number of rotatable bonds is 4. The number of carbonyl (C=O) groups excluding carboxylic acids is 2. The van der Waals surface area contributed by atoms with Crippen LogP contribution in [0.3, 0.4) is 0 Å². The molecule has 0 radical (unpaired) electrons. The van der Waals surface area contributed by atoms with Crippen LogP contribution in [0.4, 0.5) is 5.69 Å². The fraction of sp³-hybridized carbons (Fsp3) is 0.333. The van der Waals surface area contributed by atoms with Crippen LogP contribution in [0.25, 0.3) is 0 Å². The number of hydrogen-bond donors (Lipinski definition) is 2. The van der Waals surface area contributed by atoms with E-state index in [0.29, 0.717) is 22.9 Å². The molecule has 1 saturated heterocycles. The summed E-state index contributed by atoms with van der Waals surface area (Å²) in [6.07, 6.45) is 2.09. The SMILES string of the molecule is CNC1CCCN(C(=O)c2ccc(C)c(NC(=O)c3ccccc3)c2)C1. The molecule has 1 aliphatic heterocycles. The molecule has 1 aliphatic rings. The van der Waals surface area contributed by atoms with Gasteiger partial charge in [0, 0.05) is 35.9 Å². The number of nitrogens with one attached hydrogen (secondary N) is 2. The fourth-order valence-corrected chi connectivity index (χ4v) is 3.25. The van der Waals surface area contributed by atoms with Crippen LogP contribution in [0.5, 0.6) is 0 Å². The van der Waals surface area contributed by atoms with Crippen molar-refractivity contribution in [1.82, 2.24) is 10.2 Å². The van der Waals surface area contributed by atoms with Crippen molar-refractivity contribution in [2.75, 3.05) is 25.5 Å². The molecule has 5 nitrogen and oxygen atoms in total. The van der Waals surface area contributed by atoms with Gasteiger partial charge in [-0.2, -0.15) is 0 Å². The van der Waals surface area contributed by atoms with Gasteiger partial charge in [0.15, 0.2) is 0 Å². The summed E-state index contributed by atoms with van der Waals surface area (Å²) in [7, 11) is 1.93. The number of nitrogens with zero attached hydrogens (tertiary/aromatic N) is 1. The van der Waals surface area contributed by atoms with Crippen LogP contribution in [-0.2, 0) is 0 Å². The zero-order valence-electron chi connectivity index (χ0n) is 15.3. The highest BCUT2D eigenvalue weighted by atomic mass is 16.2. The van der Waals surface area contributed by atoms with Crippen LogP contribution < -0.4 is 10.6 Å². The van der Waals surface area contributed by atoms with Gasteiger partial charge in [-0.15, -0.1) is 0 Å². The van der Waals surface area contributed by atoms with E-state index in [-0.39, 0.29) is 11.8 Å². The molecule has 136 valence electrons. The standard InChI is InChI=1S/C21H25N3O2/c1-15-10-11-17(21(26)24-12-6-9-18(14-24)22-2)13-19(15)23-20(25)16-7-4-3-5-8-16/h3-5,7-8,10-11,13,18,22H,6,9,12,14H2,1-2H3,(H,23,25). The van der Waals surface area contributed by atoms with E-state index in [1.807, 2.05) is 49.2 Å². The van der Waals surface area contributed by atoms with Crippen LogP contribution in [-0.4, -0.2) is 42.9 Å². The van der Waals surface area contributed by atoms with Crippen molar-refractivity contribution < 1.29 is 9.59 Å². The van der Waals surface area contributed by atoms with Crippen molar-refractivity contribution in [3.63, 3.8) is 0 Å². The Kier molecular flexibility index (Phi) is 5.68. The lowest BCUT2D eigenvalue weighted by atomic mass is 10.0. The number of likely N-dealkylation sites (N-methyl/N-ethyl adjacent to an activating group) is 1. The summed E-state index contributed by atoms with van der Waals surface area (Å²) in [4.78, 5) is 27.2. The van der Waals surface area contributed by atoms with Crippen LogP contribution in [0, 0.1) is 6.92 Å². The average Bonchev–Trinajstić information content (AvgIpc) is 2.69. The third-order valence-corrected chi connectivity index (χ3v) is 4.89. The van der Waals surface area contributed by atoms with Gasteiger partial charge in [0.2, 0.25) is 0 Å². The van der Waals surface area contributed by atoms with Gasteiger partial charge < -0.3 is 15.5 Å². The first-order chi connectivity index (χ1) is 12.6. The van der Waals surface area contributed by atoms with Crippen LogP contribution in [0.2, 0.25) is 0 Å². The number of carbonyl (C=O) groups is 2. The largest absolute Gasteiger partial charge is 0.337 e. The molecule has 0 bridgehead atoms. The van der Waals surface area contributed by atoms with Gasteiger partial charge in [0.25, 0.3) is 11.8 Å². The summed E-state index contributed by atoms with van der Waals surface area (Å²) in [5, 5.41) is 6.18. The normalized spacial score (nSPS) is 17.0. The van der Waals surface area contributed by atoms with Crippen LogP contribution in [0.1, 0.15) is 39.1 Å². The molecule has 2 N–H and O–H groups in total. The van der Waals surface area contributed by atoms with Crippen molar-refractivity contribution in [3.8, 4) is 0 Å². The summed E-state index contributed by atoms with van der Waals surface area (Å²) >= 11 is 0. The van der Waals surface area contributed by atoms with Crippen LogP contribution >= 0.6 is 0 Å². The summed E-state index contributed by atoms with van der Waals surface area (Å²) in [5.41, 5.74) is 2.80. The molecule has 1 atom stereocenters. The second-order valence-corrected chi connectivity index (χ2v) is 6.73. The van der Waals surface area contributed by atoms with Gasteiger partial charge in [-0.05, 0) is 56.6 Å². The molecule has 2 amide bonds. The molecule has 3 rings (SSSR count). The number of anilines is 1. The van der Waals surface area contributed by atoms with Crippen molar-refractivity contribution >= 4 is 17.5 Å². The average molecular weight is 351 g/mol. The number of likely N-dealkylation sites (tertiary alicyclic amines) is 1. The highest BCUT2D eigenvalue weighted by Gasteiger charge is 2.24. The Hall–Kier alpha value is -2.66. The second-order valence-electron chi connectivity index (χ2n) is 6.73. The minimum Gasteiger partial charge on any atom is -0.337 e. The molecule has 1 unspecified atom stereocenters. The Balaban J connectivity index is 1.77. The van der Waals surface area contributed by atoms with E-state index in [1.165, 1.54) is 0 Å². The summed E-state index contributed by atoms with van der Waals surface area (Å²) in [5.74, 6) is -0.160. The zero-order chi connectivity index (χ0) is 18.5. The van der Waals surface area contributed by atoms with Gasteiger partial charge in [0.1, 0.15) is 0 Å². The maximum Gasteiger partial charge on any atom is 0.255 e. The lowest BCUT2D eigenvalue weighted by molar-refractivity contribution is 0.0698. The summed E-state index contributed by atoms with van der Waals surface area (Å²) < 4.78 is 0. The van der Waals surface area contributed by atoms with Gasteiger partial charge in [-0.25, -0.2) is 0 Å². The predicted octanol–water partition coefficient (Wildman–Crippen LogP) is 3.07. The van der Waals surface area contributed by atoms with E-state index >= 15 is 0 Å². The third kappa shape index (κ3) is 4.11. The van der Waals surface area contributed by atoms with E-state index in [0.717, 1.165) is 31.5 Å². The molecule has 1 fully saturated rings. The van der Waals surface area contributed by atoms with Crippen molar-refractivity contribution in [3.05, 3.63) is 65.2 Å². The zero-order valence-corrected chi connectivity index (χ0v) is 15.3. The molecule has 1 heterocycles. The molecular weight excluding hydrogens is 326 g/mol. The topological polar surface area (TPSA) is 61.4 Å². The molecule has 2 aromatic rings. The Labute approximate surface area is 154 Å². The van der Waals surface area contributed by atoms with E-state index in [2.05, 4.69) is 10.6 Å². The van der Waals surface area contributed by atoms with E-state index in [1.54, 1.807) is 18.2 Å². The number of benzene rings is 2. The number of piperidine rings is 1. The fourth-order valence-electron chi connectivity index (χ4n) is 3.25. The lowest BCUT2D eigenvalue weighted by Gasteiger charge is -2.32. The van der Waals surface area contributed by atoms with Gasteiger partial charge >= 0.3 is 0 Å². The molecule has 26 heavy (non-hydrogen) atoms. The summed E-state index contributed by atoms with van der Waals surface area (Å²) in [6.45, 7) is 3.41. The molecule has 0 spiro atoms. The highest BCUT2D eigenvalue weighted by molar-refractivity contribution is 6.05. The third-order valence-electron chi connectivity index (χ3n) is 4.89. The molecule has 2 aromatic carbocycles. The molecule has 0 saturated carbocycles. The predicted molar refractivity (Wildman–Crippen MR) is 104 cm³/mol. The Morgan fingerprint density at radius 1 is 1.08 bits per heavy atom. The monoisotopic (exact) mass is 351 g/mol. The molecule has 5 heteroatoms. The Morgan fingerprint density at radius 3 is 2.58 bits per heavy atom. The molecule has 0 aromatic heterocycles. The van der Waals surface area contributed by atoms with E-state index in [4.69, 9.17) is 0 Å². The van der Waals surface area contributed by atoms with Crippen molar-refractivity contribution in [2.24, 2.45) is 0 Å². The maximum atomic E-state index is 12.9. The Morgan fingerprint density at radius 2 is 1.85 bits per heavy atom. The summed E-state index contributed by atoms with van der Waals surface area (Å²) in [6, 6.07) is 14.9. The first kappa shape index (κ1) is 18.1. The number of aryl methyl sites for hydroxylation is 1. The van der Waals surface area contributed by atoms with Crippen LogP contribution in [0.15, 0.2) is 48.5 Å². The van der Waals surface area contributed by atoms with Gasteiger partial charge in [-0.3, -0.25) is 9.59 Å². The minimum absolute atomic E-state index is 0.0140. The van der Waals surface area contributed by atoms with E-state index in [9.17, 15) is 9.59 Å². The molecule has 0 aliphatic carbocycles. The van der Waals surface area contributed by atoms with Gasteiger partial charge in [-0.1, -0.05) is 24.3 Å². The maximum absolute atomic E-state index is 12.9. The van der Waals surface area contributed by atoms with Crippen molar-refractivity contribution in [2.45, 2.75) is 25.8 Å². The highest BCUT2D eigenvalue weighted by Crippen LogP contribution is 2.21. The first-order valence-corrected chi connectivity index (χ1v) is 9.02.